The summed E-state index contributed by atoms with van der Waals surface area (Å²) in [5, 5.41) is 5.82. The van der Waals surface area contributed by atoms with Gasteiger partial charge in [-0.25, -0.2) is 0 Å². The molecule has 0 atom stereocenters. The molecule has 0 aliphatic heterocycles. The van der Waals surface area contributed by atoms with Gasteiger partial charge in [0.25, 0.3) is 0 Å². The average molecular weight is 365 g/mol. The quantitative estimate of drug-likeness (QED) is 0.278. The van der Waals surface area contributed by atoms with Crippen LogP contribution >= 0.6 is 11.6 Å². The lowest BCUT2D eigenvalue weighted by Crippen LogP contribution is -1.88. The molecule has 1 heteroatoms. The molecule has 0 aromatic heterocycles. The fourth-order valence-corrected chi connectivity index (χ4v) is 4.06. The van der Waals surface area contributed by atoms with Crippen molar-refractivity contribution in [1.82, 2.24) is 0 Å². The Labute approximate surface area is 163 Å². The number of benzene rings is 5. The van der Waals surface area contributed by atoms with E-state index in [4.69, 9.17) is 11.6 Å². The average Bonchev–Trinajstić information content (AvgIpc) is 2.74. The third-order valence-corrected chi connectivity index (χ3v) is 5.36. The van der Waals surface area contributed by atoms with Crippen LogP contribution in [0.25, 0.3) is 43.8 Å². The molecule has 128 valence electrons. The van der Waals surface area contributed by atoms with Crippen LogP contribution in [0, 0.1) is 0 Å². The first-order valence-electron chi connectivity index (χ1n) is 9.07. The van der Waals surface area contributed by atoms with Gasteiger partial charge in [-0.15, -0.1) is 0 Å². The summed E-state index contributed by atoms with van der Waals surface area (Å²) in [5.41, 5.74) is 4.77. The van der Waals surface area contributed by atoms with Gasteiger partial charge in [-0.3, -0.25) is 0 Å². The highest BCUT2D eigenvalue weighted by atomic mass is 35.5. The van der Waals surface area contributed by atoms with E-state index in [2.05, 4.69) is 91.0 Å². The zero-order chi connectivity index (χ0) is 18.2. The first kappa shape index (κ1) is 16.1. The molecular weight excluding hydrogens is 348 g/mol. The lowest BCUT2D eigenvalue weighted by molar-refractivity contribution is 1.60. The van der Waals surface area contributed by atoms with Crippen molar-refractivity contribution in [1.29, 1.82) is 0 Å². The summed E-state index contributed by atoms with van der Waals surface area (Å²) in [6.07, 6.45) is 0. The summed E-state index contributed by atoms with van der Waals surface area (Å²) >= 11 is 6.37. The van der Waals surface area contributed by atoms with Gasteiger partial charge in [0.15, 0.2) is 0 Å². The van der Waals surface area contributed by atoms with Crippen LogP contribution in [-0.4, -0.2) is 0 Å². The Morgan fingerprint density at radius 3 is 1.93 bits per heavy atom. The molecule has 5 aromatic carbocycles. The summed E-state index contributed by atoms with van der Waals surface area (Å²) in [7, 11) is 0. The van der Waals surface area contributed by atoms with E-state index in [0.29, 0.717) is 0 Å². The number of fused-ring (bicyclic) bond motifs is 3. The van der Waals surface area contributed by atoms with Gasteiger partial charge in [-0.1, -0.05) is 96.5 Å². The van der Waals surface area contributed by atoms with E-state index in [1.165, 1.54) is 38.2 Å². The molecule has 0 radical (unpaired) electrons. The van der Waals surface area contributed by atoms with Gasteiger partial charge >= 0.3 is 0 Å². The molecule has 5 aromatic rings. The molecular formula is C26H17Cl. The Bertz CT molecular complexity index is 1270. The maximum absolute atomic E-state index is 6.37. The number of hydrogen-bond donors (Lipinski definition) is 0. The fourth-order valence-electron chi connectivity index (χ4n) is 3.88. The SMILES string of the molecule is Clc1ccc(-c2cc3ccccc3c3ccccc23)c(-c2ccccc2)c1. The molecule has 0 amide bonds. The fraction of sp³-hybridized carbons (Fsp3) is 0. The van der Waals surface area contributed by atoms with Crippen molar-refractivity contribution in [3.05, 3.63) is 108 Å². The Hall–Kier alpha value is -3.09. The van der Waals surface area contributed by atoms with E-state index in [1.54, 1.807) is 0 Å². The molecule has 5 rings (SSSR count). The second-order valence-corrected chi connectivity index (χ2v) is 7.18. The minimum absolute atomic E-state index is 0.752. The van der Waals surface area contributed by atoms with Gasteiger partial charge in [0.2, 0.25) is 0 Å². The third kappa shape index (κ3) is 2.79. The molecule has 0 unspecified atom stereocenters. The molecule has 0 N–H and O–H groups in total. The lowest BCUT2D eigenvalue weighted by atomic mass is 9.89. The van der Waals surface area contributed by atoms with Crippen molar-refractivity contribution in [2.75, 3.05) is 0 Å². The van der Waals surface area contributed by atoms with Gasteiger partial charge in [0.1, 0.15) is 0 Å². The van der Waals surface area contributed by atoms with Crippen molar-refractivity contribution in [3.8, 4) is 22.3 Å². The van der Waals surface area contributed by atoms with Crippen molar-refractivity contribution < 1.29 is 0 Å². The van der Waals surface area contributed by atoms with Gasteiger partial charge < -0.3 is 0 Å². The van der Waals surface area contributed by atoms with Crippen molar-refractivity contribution >= 4 is 33.1 Å². The monoisotopic (exact) mass is 364 g/mol. The predicted molar refractivity (Wildman–Crippen MR) is 117 cm³/mol. The Kier molecular flexibility index (Phi) is 3.92. The minimum Gasteiger partial charge on any atom is -0.0843 e. The first-order chi connectivity index (χ1) is 13.3. The van der Waals surface area contributed by atoms with Crippen molar-refractivity contribution in [2.24, 2.45) is 0 Å². The molecule has 0 aliphatic rings. The van der Waals surface area contributed by atoms with Crippen LogP contribution in [0.2, 0.25) is 5.02 Å². The maximum atomic E-state index is 6.37. The highest BCUT2D eigenvalue weighted by Crippen LogP contribution is 2.40. The van der Waals surface area contributed by atoms with E-state index in [-0.39, 0.29) is 0 Å². The van der Waals surface area contributed by atoms with Crippen LogP contribution in [-0.2, 0) is 0 Å². The van der Waals surface area contributed by atoms with E-state index in [9.17, 15) is 0 Å². The van der Waals surface area contributed by atoms with Crippen LogP contribution < -0.4 is 0 Å². The maximum Gasteiger partial charge on any atom is 0.0412 e. The van der Waals surface area contributed by atoms with Gasteiger partial charge in [-0.2, -0.15) is 0 Å². The Balaban J connectivity index is 1.89. The second kappa shape index (κ2) is 6.57. The summed E-state index contributed by atoms with van der Waals surface area (Å²) in [6.45, 7) is 0. The van der Waals surface area contributed by atoms with Crippen LogP contribution in [0.1, 0.15) is 0 Å². The molecule has 0 aliphatic carbocycles. The highest BCUT2D eigenvalue weighted by Gasteiger charge is 2.13. The second-order valence-electron chi connectivity index (χ2n) is 6.75. The van der Waals surface area contributed by atoms with Gasteiger partial charge in [0.05, 0.1) is 0 Å². The number of halogens is 1. The standard InChI is InChI=1S/C26H17Cl/c27-20-14-15-24(25(17-20)18-8-2-1-3-9-18)26-16-19-10-4-5-11-21(19)22-12-6-7-13-23(22)26/h1-17H. The molecule has 0 saturated carbocycles. The Morgan fingerprint density at radius 1 is 0.444 bits per heavy atom. The summed E-state index contributed by atoms with van der Waals surface area (Å²) in [6, 6.07) is 36.2. The summed E-state index contributed by atoms with van der Waals surface area (Å²) in [4.78, 5) is 0. The predicted octanol–water partition coefficient (Wildman–Crippen LogP) is 7.98. The molecule has 0 heterocycles. The molecule has 0 bridgehead atoms. The normalized spacial score (nSPS) is 11.1. The van der Waals surface area contributed by atoms with E-state index in [1.807, 2.05) is 12.1 Å². The molecule has 0 fully saturated rings. The molecule has 27 heavy (non-hydrogen) atoms. The zero-order valence-electron chi connectivity index (χ0n) is 14.7. The third-order valence-electron chi connectivity index (χ3n) is 5.12. The lowest BCUT2D eigenvalue weighted by Gasteiger charge is -2.15. The largest absolute Gasteiger partial charge is 0.0843 e. The Morgan fingerprint density at radius 2 is 1.11 bits per heavy atom. The molecule has 0 saturated heterocycles. The minimum atomic E-state index is 0.752. The number of rotatable bonds is 2. The molecule has 0 nitrogen and oxygen atoms in total. The van der Waals surface area contributed by atoms with E-state index < -0.39 is 0 Å². The number of hydrogen-bond acceptors (Lipinski definition) is 0. The van der Waals surface area contributed by atoms with Gasteiger partial charge in [0, 0.05) is 5.02 Å². The van der Waals surface area contributed by atoms with Crippen molar-refractivity contribution in [2.45, 2.75) is 0 Å². The first-order valence-corrected chi connectivity index (χ1v) is 9.45. The van der Waals surface area contributed by atoms with Crippen LogP contribution in [0.5, 0.6) is 0 Å². The van der Waals surface area contributed by atoms with Crippen LogP contribution in [0.3, 0.4) is 0 Å². The topological polar surface area (TPSA) is 0 Å². The van der Waals surface area contributed by atoms with E-state index in [0.717, 1.165) is 10.6 Å². The van der Waals surface area contributed by atoms with Crippen LogP contribution in [0.15, 0.2) is 103 Å². The highest BCUT2D eigenvalue weighted by molar-refractivity contribution is 6.31. The van der Waals surface area contributed by atoms with Crippen molar-refractivity contribution in [3.63, 3.8) is 0 Å². The van der Waals surface area contributed by atoms with Crippen LogP contribution in [0.4, 0.5) is 0 Å². The summed E-state index contributed by atoms with van der Waals surface area (Å²) in [5.74, 6) is 0. The smallest absolute Gasteiger partial charge is 0.0412 e. The zero-order valence-corrected chi connectivity index (χ0v) is 15.4. The summed E-state index contributed by atoms with van der Waals surface area (Å²) < 4.78 is 0. The molecule has 0 spiro atoms. The van der Waals surface area contributed by atoms with E-state index >= 15 is 0 Å². The van der Waals surface area contributed by atoms with Gasteiger partial charge in [-0.05, 0) is 62.0 Å².